The number of hydrogen-bond donors (Lipinski definition) is 1. The van der Waals surface area contributed by atoms with Gasteiger partial charge in [-0.25, -0.2) is 0 Å². The Labute approximate surface area is 42.8 Å². The highest BCUT2D eigenvalue weighted by Gasteiger charge is 1.79. The maximum atomic E-state index is 8.52. The normalized spacial score (nSPS) is 7.20. The molecule has 0 aromatic carbocycles. The number of rotatable bonds is 0. The van der Waals surface area contributed by atoms with Gasteiger partial charge >= 0.3 is 0 Å². The fourth-order valence-electron chi connectivity index (χ4n) is 0. The van der Waals surface area contributed by atoms with Crippen molar-refractivity contribution in [3.05, 3.63) is 0 Å². The van der Waals surface area contributed by atoms with Crippen molar-refractivity contribution < 1.29 is 24.8 Å². The lowest BCUT2D eigenvalue weighted by atomic mass is 15.8. The molecule has 0 heterocycles. The first-order chi connectivity index (χ1) is 1.73. The average molecular weight is 111 g/mol. The van der Waals surface area contributed by atoms with Crippen molar-refractivity contribution in [3.8, 4) is 0 Å². The summed E-state index contributed by atoms with van der Waals surface area (Å²) in [6, 6.07) is 0. The minimum atomic E-state index is -2.60. The third-order valence-corrected chi connectivity index (χ3v) is 0. The van der Waals surface area contributed by atoms with Gasteiger partial charge in [-0.2, -0.15) is 0 Å². The highest BCUT2D eigenvalue weighted by Crippen LogP contribution is 1.38. The minimum absolute atomic E-state index is 0. The van der Waals surface area contributed by atoms with Crippen LogP contribution in [0.25, 0.3) is 0 Å². The van der Waals surface area contributed by atoms with Gasteiger partial charge in [-0.1, -0.05) is 0 Å². The number of hydrogen-bond acceptors (Lipinski definition) is 3. The van der Waals surface area contributed by atoms with E-state index in [0.717, 1.165) is 0 Å². The smallest absolute Gasteiger partial charge is 0.282 e. The van der Waals surface area contributed by atoms with Crippen molar-refractivity contribution in [2.24, 2.45) is 0 Å². The van der Waals surface area contributed by atoms with Gasteiger partial charge < -0.3 is 9.32 Å². The van der Waals surface area contributed by atoms with E-state index < -0.39 is 10.8 Å². The first-order valence-corrected chi connectivity index (χ1v) is 1.43. The van der Waals surface area contributed by atoms with E-state index in [-0.39, 0.29) is 17.4 Å². The molecule has 0 spiro atoms. The van der Waals surface area contributed by atoms with Gasteiger partial charge in [0.1, 0.15) is 0 Å². The molecule has 0 fully saturated rings. The van der Waals surface area contributed by atoms with Crippen LogP contribution in [0.1, 0.15) is 0 Å². The predicted molar refractivity (Wildman–Crippen MR) is 7.97 cm³/mol. The van der Waals surface area contributed by atoms with Gasteiger partial charge in [0.15, 0.2) is 0 Å². The van der Waals surface area contributed by atoms with E-state index in [9.17, 15) is 0 Å². The predicted octanol–water partition coefficient (Wildman–Crippen LogP) is -3.32. The second kappa shape index (κ2) is 4.70. The molecule has 0 aliphatic rings. The zero-order valence-corrected chi connectivity index (χ0v) is 4.13. The summed E-state index contributed by atoms with van der Waals surface area (Å²) in [7, 11) is -2.60. The van der Waals surface area contributed by atoms with Crippen molar-refractivity contribution in [1.29, 1.82) is 0 Å². The maximum absolute atomic E-state index is 8.52. The molecular weight excluding hydrogens is 110 g/mol. The van der Waals surface area contributed by atoms with Gasteiger partial charge in [-0.15, -0.1) is 0 Å². The van der Waals surface area contributed by atoms with Gasteiger partial charge in [0.25, 0.3) is 10.8 Å². The Hall–Kier alpha value is 0.702. The fourth-order valence-corrected chi connectivity index (χ4v) is 0. The van der Waals surface area contributed by atoms with Crippen LogP contribution in [-0.4, -0.2) is 22.0 Å². The molecule has 5 heteroatoms. The van der Waals surface area contributed by atoms with Crippen LogP contribution in [0.5, 0.6) is 0 Å². The summed E-state index contributed by atoms with van der Waals surface area (Å²) < 4.78 is 24.0. The van der Waals surface area contributed by atoms with Crippen LogP contribution in [0.2, 0.25) is 0 Å². The summed E-state index contributed by atoms with van der Waals surface area (Å²) in [5.41, 5.74) is 0. The lowest BCUT2D eigenvalue weighted by Crippen LogP contribution is -2.30. The van der Waals surface area contributed by atoms with Crippen LogP contribution in [0.4, 0.5) is 0 Å². The molecule has 0 rings (SSSR count). The highest BCUT2D eigenvalue weighted by molar-refractivity contribution is 5.75. The Morgan fingerprint density at radius 1 is 1.40 bits per heavy atom. The van der Waals surface area contributed by atoms with E-state index in [1.807, 2.05) is 0 Å². The average Bonchev–Trinajstić information content (AvgIpc) is 0.811. The van der Waals surface area contributed by atoms with Gasteiger partial charge in [-0.3, -0.25) is 0 Å². The molecule has 0 aromatic rings. The zero-order chi connectivity index (χ0) is 3.58. The summed E-state index contributed by atoms with van der Waals surface area (Å²) in [6.07, 6.45) is 0. The van der Waals surface area contributed by atoms with Crippen molar-refractivity contribution >= 4 is 17.4 Å². The Bertz CT molecular complexity index is 11.6. The van der Waals surface area contributed by atoms with Gasteiger partial charge in [0.2, 0.25) is 0 Å². The van der Waals surface area contributed by atoms with E-state index in [0.29, 0.717) is 0 Å². The Morgan fingerprint density at radius 2 is 1.40 bits per heavy atom. The molecule has 5 heavy (non-hydrogen) atoms. The molecule has 3 nitrogen and oxygen atoms in total. The van der Waals surface area contributed by atoms with Gasteiger partial charge in [0, 0.05) is 22.0 Å². The maximum Gasteiger partial charge on any atom is 0.282 e. The first-order valence-electron chi connectivity index (χ1n) is 0.478. The molecule has 0 aliphatic heterocycles. The van der Waals surface area contributed by atoms with Crippen molar-refractivity contribution in [1.82, 2.24) is 0 Å². The van der Waals surface area contributed by atoms with Crippen molar-refractivity contribution in [3.63, 3.8) is 0 Å². The molecule has 0 amide bonds. The van der Waals surface area contributed by atoms with Crippen molar-refractivity contribution in [2.75, 3.05) is 0 Å². The monoisotopic (exact) mass is 111 g/mol. The molecule has 0 aromatic heterocycles. The molecular formula is HAlClO3. The number of halogens is 1. The van der Waals surface area contributed by atoms with Crippen LogP contribution in [-0.2, 0) is 0 Å². The largest absolute Gasteiger partial charge is 0.321 e. The van der Waals surface area contributed by atoms with Crippen LogP contribution in [0.3, 0.4) is 0 Å². The van der Waals surface area contributed by atoms with E-state index in [1.54, 1.807) is 0 Å². The van der Waals surface area contributed by atoms with Crippen LogP contribution >= 0.6 is 0 Å². The minimum Gasteiger partial charge on any atom is -0.321 e. The summed E-state index contributed by atoms with van der Waals surface area (Å²) in [5.74, 6) is 0. The molecule has 29 valence electrons. The van der Waals surface area contributed by atoms with Crippen LogP contribution in [0, 0.1) is 10.8 Å². The molecule has 3 radical (unpaired) electrons. The standard InChI is InChI=1S/Al.ClHO3/c;2-1(3)4/h;2H. The second-order valence-electron chi connectivity index (χ2n) is 0.201. The van der Waals surface area contributed by atoms with Crippen LogP contribution < -0.4 is 9.32 Å². The Morgan fingerprint density at radius 3 is 1.40 bits per heavy atom. The van der Waals surface area contributed by atoms with E-state index in [4.69, 9.17) is 14.0 Å². The van der Waals surface area contributed by atoms with E-state index >= 15 is 0 Å². The third kappa shape index (κ3) is 69.6. The van der Waals surface area contributed by atoms with Gasteiger partial charge in [-0.05, 0) is 0 Å². The third-order valence-electron chi connectivity index (χ3n) is 0. The molecule has 1 N–H and O–H groups in total. The lowest BCUT2D eigenvalue weighted by molar-refractivity contribution is -1.63. The molecule has 0 saturated heterocycles. The summed E-state index contributed by atoms with van der Waals surface area (Å²) >= 11 is 0. The topological polar surface area (TPSA) is 66.3 Å². The summed E-state index contributed by atoms with van der Waals surface area (Å²) in [5, 5.41) is 0. The fraction of sp³-hybridized carbons (Fsp3) is 0. The SMILES string of the molecule is [Al].[O-][Cl+2]([O-])O. The van der Waals surface area contributed by atoms with Crippen LogP contribution in [0.15, 0.2) is 0 Å². The summed E-state index contributed by atoms with van der Waals surface area (Å²) in [6.45, 7) is 0. The molecule has 0 bridgehead atoms. The lowest BCUT2D eigenvalue weighted by Gasteiger charge is -1.72. The quantitative estimate of drug-likeness (QED) is 0.333. The van der Waals surface area contributed by atoms with E-state index in [2.05, 4.69) is 0 Å². The van der Waals surface area contributed by atoms with E-state index in [1.165, 1.54) is 0 Å². The van der Waals surface area contributed by atoms with Gasteiger partial charge in [0.05, 0.1) is 0 Å². The Balaban J connectivity index is 0. The summed E-state index contributed by atoms with van der Waals surface area (Å²) in [4.78, 5) is 0. The second-order valence-corrected chi connectivity index (χ2v) is 0.603. The molecule has 0 aliphatic carbocycles. The Kier molecular flexibility index (Phi) is 8.65. The molecule has 0 atom stereocenters. The molecule has 0 saturated carbocycles. The zero-order valence-electron chi connectivity index (χ0n) is 2.22. The molecule has 0 unspecified atom stereocenters. The first kappa shape index (κ1) is 9.20. The van der Waals surface area contributed by atoms with Crippen molar-refractivity contribution in [2.45, 2.75) is 0 Å². The highest BCUT2D eigenvalue weighted by atomic mass is 35.6.